The van der Waals surface area contributed by atoms with E-state index in [1.54, 1.807) is 0 Å². The molecule has 1 fully saturated rings. The largest absolute Gasteiger partial charge is 0.280 e. The van der Waals surface area contributed by atoms with Gasteiger partial charge in [-0.1, -0.05) is 18.2 Å². The van der Waals surface area contributed by atoms with Crippen molar-refractivity contribution in [2.45, 2.75) is 23.8 Å². The highest BCUT2D eigenvalue weighted by molar-refractivity contribution is 7.98. The van der Waals surface area contributed by atoms with Crippen LogP contribution in [0.25, 0.3) is 0 Å². The van der Waals surface area contributed by atoms with Gasteiger partial charge in [0.15, 0.2) is 0 Å². The van der Waals surface area contributed by atoms with Gasteiger partial charge in [0.1, 0.15) is 0 Å². The number of hydrogen-bond donors (Lipinski definition) is 1. The topological polar surface area (TPSA) is 46.3 Å². The van der Waals surface area contributed by atoms with E-state index in [9.17, 15) is 4.79 Å². The molecular formula is C12H14N2OS. The fourth-order valence-electron chi connectivity index (χ4n) is 2.42. The normalized spacial score (nSPS) is 23.9. The van der Waals surface area contributed by atoms with Gasteiger partial charge in [0.2, 0.25) is 5.91 Å². The molecule has 2 N–H and O–H groups in total. The number of carbonyl (C=O) groups is 1. The second kappa shape index (κ2) is 3.79. The predicted octanol–water partition coefficient (Wildman–Crippen LogP) is 1.62. The van der Waals surface area contributed by atoms with E-state index in [1.807, 2.05) is 11.8 Å². The number of benzene rings is 1. The van der Waals surface area contributed by atoms with E-state index in [1.165, 1.54) is 16.1 Å². The van der Waals surface area contributed by atoms with Crippen molar-refractivity contribution in [1.29, 1.82) is 0 Å². The van der Waals surface area contributed by atoms with E-state index in [2.05, 4.69) is 18.2 Å². The van der Waals surface area contributed by atoms with Gasteiger partial charge in [-0.15, -0.1) is 0 Å². The van der Waals surface area contributed by atoms with Gasteiger partial charge in [-0.05, 0) is 23.1 Å². The Labute approximate surface area is 99.0 Å². The van der Waals surface area contributed by atoms with Gasteiger partial charge in [0.05, 0.1) is 5.92 Å². The van der Waals surface area contributed by atoms with E-state index in [4.69, 9.17) is 5.84 Å². The van der Waals surface area contributed by atoms with Gasteiger partial charge in [-0.2, -0.15) is 11.8 Å². The smallest absolute Gasteiger partial charge is 0.244 e. The summed E-state index contributed by atoms with van der Waals surface area (Å²) in [4.78, 5) is 11.8. The zero-order chi connectivity index (χ0) is 11.1. The highest BCUT2D eigenvalue weighted by Crippen LogP contribution is 2.34. The molecule has 1 aromatic rings. The Hall–Kier alpha value is -1.00. The Balaban J connectivity index is 1.93. The maximum Gasteiger partial charge on any atom is 0.244 e. The van der Waals surface area contributed by atoms with Gasteiger partial charge in [0, 0.05) is 18.1 Å². The second-order valence-corrected chi connectivity index (χ2v) is 5.38. The van der Waals surface area contributed by atoms with Crippen molar-refractivity contribution >= 4 is 17.7 Å². The van der Waals surface area contributed by atoms with Crippen molar-refractivity contribution < 1.29 is 4.79 Å². The van der Waals surface area contributed by atoms with Crippen molar-refractivity contribution in [1.82, 2.24) is 5.01 Å². The predicted molar refractivity (Wildman–Crippen MR) is 64.7 cm³/mol. The zero-order valence-electron chi connectivity index (χ0n) is 8.98. The van der Waals surface area contributed by atoms with Crippen LogP contribution in [0.4, 0.5) is 0 Å². The van der Waals surface area contributed by atoms with Gasteiger partial charge in [0.25, 0.3) is 0 Å². The molecule has 0 radical (unpaired) electrons. The number of thioether (sulfide) groups is 1. The van der Waals surface area contributed by atoms with Crippen LogP contribution in [0.5, 0.6) is 0 Å². The Morgan fingerprint density at radius 1 is 1.31 bits per heavy atom. The minimum absolute atomic E-state index is 0.0131. The van der Waals surface area contributed by atoms with Crippen molar-refractivity contribution in [3.63, 3.8) is 0 Å². The number of hydrogen-bond acceptors (Lipinski definition) is 3. The molecular weight excluding hydrogens is 220 g/mol. The SMILES string of the molecule is NN1CCC(c2ccc3c(c2)CSC3)C1=O. The fourth-order valence-corrected chi connectivity index (χ4v) is 3.51. The molecule has 84 valence electrons. The molecule has 0 aromatic heterocycles. The molecule has 2 aliphatic rings. The van der Waals surface area contributed by atoms with Gasteiger partial charge in [-0.3, -0.25) is 9.80 Å². The standard InChI is InChI=1S/C12H14N2OS/c13-14-4-3-11(12(14)15)8-1-2-9-6-16-7-10(9)5-8/h1-2,5,11H,3-4,6-7,13H2. The molecule has 1 amide bonds. The summed E-state index contributed by atoms with van der Waals surface area (Å²) in [6, 6.07) is 6.45. The number of fused-ring (bicyclic) bond motifs is 1. The number of nitrogens with two attached hydrogens (primary N) is 1. The van der Waals surface area contributed by atoms with Crippen LogP contribution in [0.2, 0.25) is 0 Å². The molecule has 1 unspecified atom stereocenters. The molecule has 0 bridgehead atoms. The lowest BCUT2D eigenvalue weighted by molar-refractivity contribution is -0.129. The van der Waals surface area contributed by atoms with E-state index < -0.39 is 0 Å². The van der Waals surface area contributed by atoms with Crippen molar-refractivity contribution in [2.24, 2.45) is 5.84 Å². The molecule has 0 aliphatic carbocycles. The van der Waals surface area contributed by atoms with Crippen molar-refractivity contribution in [3.05, 3.63) is 34.9 Å². The highest BCUT2D eigenvalue weighted by atomic mass is 32.2. The van der Waals surface area contributed by atoms with Crippen LogP contribution in [-0.2, 0) is 16.3 Å². The molecule has 1 saturated heterocycles. The number of hydrazine groups is 1. The quantitative estimate of drug-likeness (QED) is 0.593. The third-order valence-corrected chi connectivity index (χ3v) is 4.42. The number of amides is 1. The molecule has 1 atom stereocenters. The summed E-state index contributed by atoms with van der Waals surface area (Å²) in [7, 11) is 0. The lowest BCUT2D eigenvalue weighted by atomic mass is 9.94. The molecule has 16 heavy (non-hydrogen) atoms. The molecule has 2 aliphatic heterocycles. The average molecular weight is 234 g/mol. The fraction of sp³-hybridized carbons (Fsp3) is 0.417. The summed E-state index contributed by atoms with van der Waals surface area (Å²) < 4.78 is 0. The Bertz CT molecular complexity index is 447. The first-order chi connectivity index (χ1) is 7.75. The zero-order valence-corrected chi connectivity index (χ0v) is 9.80. The maximum absolute atomic E-state index is 11.8. The highest BCUT2D eigenvalue weighted by Gasteiger charge is 2.31. The summed E-state index contributed by atoms with van der Waals surface area (Å²) in [5.74, 6) is 7.83. The maximum atomic E-state index is 11.8. The van der Waals surface area contributed by atoms with Crippen LogP contribution in [0.15, 0.2) is 18.2 Å². The summed E-state index contributed by atoms with van der Waals surface area (Å²) in [6.45, 7) is 0.676. The molecule has 0 spiro atoms. The van der Waals surface area contributed by atoms with E-state index in [0.29, 0.717) is 6.54 Å². The van der Waals surface area contributed by atoms with Gasteiger partial charge >= 0.3 is 0 Å². The van der Waals surface area contributed by atoms with Crippen LogP contribution >= 0.6 is 11.8 Å². The van der Waals surface area contributed by atoms with Crippen LogP contribution in [0.3, 0.4) is 0 Å². The van der Waals surface area contributed by atoms with E-state index in [0.717, 1.165) is 23.5 Å². The molecule has 3 rings (SSSR count). The first-order valence-corrected chi connectivity index (χ1v) is 6.66. The van der Waals surface area contributed by atoms with Crippen LogP contribution in [-0.4, -0.2) is 17.5 Å². The van der Waals surface area contributed by atoms with Crippen LogP contribution in [0.1, 0.15) is 29.0 Å². The summed E-state index contributed by atoms with van der Waals surface area (Å²) in [5, 5.41) is 1.34. The van der Waals surface area contributed by atoms with Gasteiger partial charge in [-0.25, -0.2) is 5.84 Å². The molecule has 1 aromatic carbocycles. The lowest BCUT2D eigenvalue weighted by Gasteiger charge is -2.11. The third kappa shape index (κ3) is 1.53. The summed E-state index contributed by atoms with van der Waals surface area (Å²) >= 11 is 1.94. The Morgan fingerprint density at radius 2 is 2.12 bits per heavy atom. The molecule has 2 heterocycles. The third-order valence-electron chi connectivity index (χ3n) is 3.39. The number of nitrogens with zero attached hydrogens (tertiary/aromatic N) is 1. The first-order valence-electron chi connectivity index (χ1n) is 5.51. The van der Waals surface area contributed by atoms with Crippen molar-refractivity contribution in [2.75, 3.05) is 6.54 Å². The van der Waals surface area contributed by atoms with E-state index in [-0.39, 0.29) is 11.8 Å². The molecule has 4 heteroatoms. The van der Waals surface area contributed by atoms with Gasteiger partial charge < -0.3 is 0 Å². The van der Waals surface area contributed by atoms with Crippen molar-refractivity contribution in [3.8, 4) is 0 Å². The number of carbonyl (C=O) groups excluding carboxylic acids is 1. The summed E-state index contributed by atoms with van der Waals surface area (Å²) in [6.07, 6.45) is 0.848. The second-order valence-electron chi connectivity index (χ2n) is 4.39. The van der Waals surface area contributed by atoms with Crippen LogP contribution < -0.4 is 5.84 Å². The molecule has 0 saturated carbocycles. The van der Waals surface area contributed by atoms with Crippen LogP contribution in [0, 0.1) is 0 Å². The Kier molecular flexibility index (Phi) is 2.41. The minimum Gasteiger partial charge on any atom is -0.280 e. The number of rotatable bonds is 1. The average Bonchev–Trinajstić information content (AvgIpc) is 2.86. The lowest BCUT2D eigenvalue weighted by Crippen LogP contribution is -2.33. The monoisotopic (exact) mass is 234 g/mol. The first kappa shape index (κ1) is 10.2. The summed E-state index contributed by atoms with van der Waals surface area (Å²) in [5.41, 5.74) is 3.95. The Morgan fingerprint density at radius 3 is 2.88 bits per heavy atom. The minimum atomic E-state index is -0.0131. The van der Waals surface area contributed by atoms with E-state index >= 15 is 0 Å². The molecule has 3 nitrogen and oxygen atoms in total.